The average Bonchev–Trinajstić information content (AvgIpc) is 3.32. The zero-order chi connectivity index (χ0) is 23.2. The second-order valence-electron chi connectivity index (χ2n) is 8.41. The number of halogens is 2. The van der Waals surface area contributed by atoms with Gasteiger partial charge in [0.15, 0.2) is 0 Å². The number of nitrogens with one attached hydrogen (secondary N) is 1. The van der Waals surface area contributed by atoms with Crippen LogP contribution < -0.4 is 10.2 Å². The SMILES string of the molecule is Cc1cc(N2CCCCC2CC(=O)NCc2ccc(Cl)c(Cl)c2)nc(CCn2ccnc2)n1. The molecule has 1 N–H and O–H groups in total. The Morgan fingerprint density at radius 1 is 1.18 bits per heavy atom. The van der Waals surface area contributed by atoms with Crippen LogP contribution in [0.2, 0.25) is 10.0 Å². The molecule has 1 fully saturated rings. The maximum absolute atomic E-state index is 12.7. The van der Waals surface area contributed by atoms with E-state index in [0.29, 0.717) is 23.0 Å². The second kappa shape index (κ2) is 11.0. The smallest absolute Gasteiger partial charge is 0.222 e. The van der Waals surface area contributed by atoms with Crippen molar-refractivity contribution < 1.29 is 4.79 Å². The predicted molar refractivity (Wildman–Crippen MR) is 131 cm³/mol. The van der Waals surface area contributed by atoms with Gasteiger partial charge < -0.3 is 14.8 Å². The zero-order valence-electron chi connectivity index (χ0n) is 18.7. The van der Waals surface area contributed by atoms with Crippen LogP contribution in [0.4, 0.5) is 5.82 Å². The monoisotopic (exact) mass is 486 g/mol. The number of aromatic nitrogens is 4. The second-order valence-corrected chi connectivity index (χ2v) is 9.22. The first-order valence-corrected chi connectivity index (χ1v) is 12.0. The lowest BCUT2D eigenvalue weighted by Crippen LogP contribution is -2.43. The molecule has 0 bridgehead atoms. The van der Waals surface area contributed by atoms with Crippen LogP contribution in [0.3, 0.4) is 0 Å². The third-order valence-electron chi connectivity index (χ3n) is 5.86. The highest BCUT2D eigenvalue weighted by molar-refractivity contribution is 6.42. The molecule has 1 aromatic carbocycles. The number of rotatable bonds is 8. The number of hydrogen-bond donors (Lipinski definition) is 1. The molecule has 1 aliphatic heterocycles. The number of benzene rings is 1. The number of aryl methyl sites for hydroxylation is 3. The van der Waals surface area contributed by atoms with E-state index in [1.807, 2.05) is 29.8 Å². The maximum atomic E-state index is 12.7. The van der Waals surface area contributed by atoms with E-state index < -0.39 is 0 Å². The minimum atomic E-state index is 0.0177. The van der Waals surface area contributed by atoms with Gasteiger partial charge in [0, 0.05) is 62.7 Å². The van der Waals surface area contributed by atoms with Crippen molar-refractivity contribution in [1.82, 2.24) is 24.8 Å². The van der Waals surface area contributed by atoms with Gasteiger partial charge in [-0.2, -0.15) is 0 Å². The molecule has 1 atom stereocenters. The molecule has 1 aliphatic rings. The lowest BCUT2D eigenvalue weighted by atomic mass is 9.98. The van der Waals surface area contributed by atoms with E-state index in [-0.39, 0.29) is 11.9 Å². The highest BCUT2D eigenvalue weighted by Crippen LogP contribution is 2.26. The van der Waals surface area contributed by atoms with E-state index in [1.54, 1.807) is 24.7 Å². The van der Waals surface area contributed by atoms with Crippen molar-refractivity contribution in [2.75, 3.05) is 11.4 Å². The summed E-state index contributed by atoms with van der Waals surface area (Å²) in [6.07, 6.45) is 9.83. The van der Waals surface area contributed by atoms with Crippen molar-refractivity contribution in [1.29, 1.82) is 0 Å². The summed E-state index contributed by atoms with van der Waals surface area (Å²) in [6.45, 7) is 4.09. The van der Waals surface area contributed by atoms with E-state index in [9.17, 15) is 4.79 Å². The van der Waals surface area contributed by atoms with Crippen molar-refractivity contribution in [3.63, 3.8) is 0 Å². The summed E-state index contributed by atoms with van der Waals surface area (Å²) in [5.41, 5.74) is 1.86. The van der Waals surface area contributed by atoms with Crippen LogP contribution in [-0.4, -0.2) is 38.0 Å². The molecular formula is C24H28Cl2N6O. The largest absolute Gasteiger partial charge is 0.353 e. The molecule has 33 heavy (non-hydrogen) atoms. The number of imidazole rings is 1. The maximum Gasteiger partial charge on any atom is 0.222 e. The number of hydrogen-bond acceptors (Lipinski definition) is 5. The van der Waals surface area contributed by atoms with Crippen LogP contribution in [0.15, 0.2) is 43.0 Å². The third-order valence-corrected chi connectivity index (χ3v) is 6.59. The molecule has 3 aromatic rings. The Kier molecular flexibility index (Phi) is 7.83. The predicted octanol–water partition coefficient (Wildman–Crippen LogP) is 4.60. The number of carbonyl (C=O) groups is 1. The normalized spacial score (nSPS) is 16.1. The summed E-state index contributed by atoms with van der Waals surface area (Å²) >= 11 is 12.1. The highest BCUT2D eigenvalue weighted by Gasteiger charge is 2.26. The van der Waals surface area contributed by atoms with Gasteiger partial charge in [-0.15, -0.1) is 0 Å². The molecule has 9 heteroatoms. The van der Waals surface area contributed by atoms with Crippen molar-refractivity contribution in [2.24, 2.45) is 0 Å². The Morgan fingerprint density at radius 2 is 2.06 bits per heavy atom. The number of piperidine rings is 1. The van der Waals surface area contributed by atoms with Gasteiger partial charge in [0.25, 0.3) is 0 Å². The topological polar surface area (TPSA) is 75.9 Å². The summed E-state index contributed by atoms with van der Waals surface area (Å²) in [5.74, 6) is 1.74. The average molecular weight is 487 g/mol. The first kappa shape index (κ1) is 23.5. The van der Waals surface area contributed by atoms with Crippen LogP contribution in [0.25, 0.3) is 0 Å². The molecule has 1 amide bonds. The molecular weight excluding hydrogens is 459 g/mol. The Morgan fingerprint density at radius 3 is 2.85 bits per heavy atom. The molecule has 7 nitrogen and oxygen atoms in total. The van der Waals surface area contributed by atoms with Crippen molar-refractivity contribution >= 4 is 34.9 Å². The Labute approximate surface area is 204 Å². The third kappa shape index (κ3) is 6.45. The van der Waals surface area contributed by atoms with Gasteiger partial charge in [-0.05, 0) is 43.9 Å². The summed E-state index contributed by atoms with van der Waals surface area (Å²) in [4.78, 5) is 28.6. The first-order chi connectivity index (χ1) is 16.0. The van der Waals surface area contributed by atoms with Gasteiger partial charge in [0.05, 0.1) is 16.4 Å². The molecule has 1 unspecified atom stereocenters. The van der Waals surface area contributed by atoms with Gasteiger partial charge in [-0.3, -0.25) is 4.79 Å². The molecule has 0 saturated carbocycles. The number of carbonyl (C=O) groups excluding carboxylic acids is 1. The van der Waals surface area contributed by atoms with E-state index in [0.717, 1.165) is 61.7 Å². The molecule has 0 aliphatic carbocycles. The minimum absolute atomic E-state index is 0.0177. The molecule has 174 valence electrons. The van der Waals surface area contributed by atoms with Crippen molar-refractivity contribution in [3.8, 4) is 0 Å². The molecule has 1 saturated heterocycles. The van der Waals surface area contributed by atoms with Gasteiger partial charge in [-0.1, -0.05) is 29.3 Å². The molecule has 0 spiro atoms. The van der Waals surface area contributed by atoms with Crippen LogP contribution >= 0.6 is 23.2 Å². The van der Waals surface area contributed by atoms with E-state index in [4.69, 9.17) is 28.2 Å². The summed E-state index contributed by atoms with van der Waals surface area (Å²) in [6, 6.07) is 7.54. The standard InChI is InChI=1S/C24H28Cl2N6O/c1-17-12-23(30-22(29-17)7-10-31-11-8-27-16-31)32-9-3-2-4-19(32)14-24(33)28-15-18-5-6-20(25)21(26)13-18/h5-6,8,11-13,16,19H,2-4,7,9-10,14-15H2,1H3,(H,28,33). The minimum Gasteiger partial charge on any atom is -0.353 e. The van der Waals surface area contributed by atoms with E-state index in [1.165, 1.54) is 0 Å². The fourth-order valence-electron chi connectivity index (χ4n) is 4.17. The van der Waals surface area contributed by atoms with Crippen molar-refractivity contribution in [2.45, 2.75) is 58.2 Å². The number of nitrogens with zero attached hydrogens (tertiary/aromatic N) is 5. The molecule has 0 radical (unpaired) electrons. The van der Waals surface area contributed by atoms with E-state index in [2.05, 4.69) is 20.2 Å². The summed E-state index contributed by atoms with van der Waals surface area (Å²) < 4.78 is 2.02. The van der Waals surface area contributed by atoms with Crippen LogP contribution in [0.5, 0.6) is 0 Å². The van der Waals surface area contributed by atoms with Crippen molar-refractivity contribution in [3.05, 3.63) is 70.1 Å². The first-order valence-electron chi connectivity index (χ1n) is 11.3. The van der Waals surface area contributed by atoms with Gasteiger partial charge in [-0.25, -0.2) is 15.0 Å². The number of anilines is 1. The zero-order valence-corrected chi connectivity index (χ0v) is 20.2. The van der Waals surface area contributed by atoms with Gasteiger partial charge >= 0.3 is 0 Å². The summed E-state index contributed by atoms with van der Waals surface area (Å²) in [5, 5.41) is 4.01. The lowest BCUT2D eigenvalue weighted by molar-refractivity contribution is -0.121. The van der Waals surface area contributed by atoms with Gasteiger partial charge in [0.1, 0.15) is 11.6 Å². The van der Waals surface area contributed by atoms with Crippen LogP contribution in [0, 0.1) is 6.92 Å². The summed E-state index contributed by atoms with van der Waals surface area (Å²) in [7, 11) is 0. The van der Waals surface area contributed by atoms with E-state index >= 15 is 0 Å². The highest BCUT2D eigenvalue weighted by atomic mass is 35.5. The Bertz CT molecular complexity index is 1090. The quantitative estimate of drug-likeness (QED) is 0.503. The molecule has 3 heterocycles. The molecule has 4 rings (SSSR count). The van der Waals surface area contributed by atoms with Crippen LogP contribution in [-0.2, 0) is 24.3 Å². The Hall–Kier alpha value is -2.64. The molecule has 2 aromatic heterocycles. The Balaban J connectivity index is 1.40. The fourth-order valence-corrected chi connectivity index (χ4v) is 4.49. The number of amides is 1. The lowest BCUT2D eigenvalue weighted by Gasteiger charge is -2.36. The van der Waals surface area contributed by atoms with Crippen LogP contribution in [0.1, 0.15) is 42.8 Å². The van der Waals surface area contributed by atoms with Gasteiger partial charge in [0.2, 0.25) is 5.91 Å². The fraction of sp³-hybridized carbons (Fsp3) is 0.417.